The summed E-state index contributed by atoms with van der Waals surface area (Å²) in [5, 5.41) is 9.93. The summed E-state index contributed by atoms with van der Waals surface area (Å²) in [7, 11) is 1.74. The fourth-order valence-corrected chi connectivity index (χ4v) is 4.03. The Morgan fingerprint density at radius 3 is 2.41 bits per heavy atom. The Hall–Kier alpha value is -4.18. The van der Waals surface area contributed by atoms with E-state index in [1.165, 1.54) is 0 Å². The molecule has 3 heterocycles. The van der Waals surface area contributed by atoms with Crippen molar-refractivity contribution in [3.05, 3.63) is 101 Å². The number of hydrogen-bond acceptors (Lipinski definition) is 6. The summed E-state index contributed by atoms with van der Waals surface area (Å²) in [6.45, 7) is 7.81. The minimum atomic E-state index is -0.380. The second-order valence-electron chi connectivity index (χ2n) is 7.50. The Kier molecular flexibility index (Phi) is 7.99. The van der Waals surface area contributed by atoms with Crippen LogP contribution in [-0.4, -0.2) is 27.3 Å². The fraction of sp³-hybridized carbons (Fsp3) is 0.259. The van der Waals surface area contributed by atoms with Crippen LogP contribution in [0.2, 0.25) is 0 Å². The number of ether oxygens (including phenoxy) is 1. The number of imidazole rings is 1. The maximum absolute atomic E-state index is 9.93. The first-order chi connectivity index (χ1) is 16.5. The molecule has 0 saturated heterocycles. The quantitative estimate of drug-likeness (QED) is 0.547. The van der Waals surface area contributed by atoms with Gasteiger partial charge in [-0.2, -0.15) is 5.26 Å². The number of benzene rings is 1. The van der Waals surface area contributed by atoms with Gasteiger partial charge in [-0.25, -0.2) is 4.98 Å². The van der Waals surface area contributed by atoms with Crippen LogP contribution in [0, 0.1) is 18.3 Å². The number of aromatic nitrogens is 3. The molecule has 1 aliphatic heterocycles. The minimum Gasteiger partial charge on any atom is -0.445 e. The van der Waals surface area contributed by atoms with Crippen LogP contribution in [0.1, 0.15) is 43.8 Å². The van der Waals surface area contributed by atoms with E-state index in [4.69, 9.17) is 10.5 Å². The molecular weight excluding hydrogens is 424 g/mol. The molecule has 4 rings (SSSR count). The van der Waals surface area contributed by atoms with E-state index in [0.29, 0.717) is 17.8 Å². The highest BCUT2D eigenvalue weighted by atomic mass is 16.5. The maximum atomic E-state index is 9.93. The van der Waals surface area contributed by atoms with Crippen LogP contribution in [0.25, 0.3) is 5.69 Å². The van der Waals surface area contributed by atoms with Gasteiger partial charge in [0.1, 0.15) is 23.2 Å². The summed E-state index contributed by atoms with van der Waals surface area (Å²) in [5.41, 5.74) is 11.0. The van der Waals surface area contributed by atoms with Crippen LogP contribution in [0.3, 0.4) is 0 Å². The Morgan fingerprint density at radius 2 is 1.85 bits per heavy atom. The van der Waals surface area contributed by atoms with Crippen molar-refractivity contribution in [2.45, 2.75) is 40.0 Å². The predicted octanol–water partition coefficient (Wildman–Crippen LogP) is 5.00. The summed E-state index contributed by atoms with van der Waals surface area (Å²) in [6.07, 6.45) is 5.97. The first kappa shape index (κ1) is 24.5. The number of aryl methyl sites for hydroxylation is 1. The Morgan fingerprint density at radius 1 is 1.12 bits per heavy atom. The molecule has 0 saturated carbocycles. The lowest BCUT2D eigenvalue weighted by atomic mass is 9.80. The van der Waals surface area contributed by atoms with Crippen molar-refractivity contribution >= 4 is 5.71 Å². The number of nitrogens with zero attached hydrogens (tertiary/aromatic N) is 5. The number of aliphatic imine (C=N–C) groups is 1. The van der Waals surface area contributed by atoms with Gasteiger partial charge in [0, 0.05) is 54.7 Å². The molecular formula is C27H30N6O. The Labute approximate surface area is 201 Å². The van der Waals surface area contributed by atoms with E-state index in [2.05, 4.69) is 21.0 Å². The molecule has 1 aliphatic rings. The first-order valence-corrected chi connectivity index (χ1v) is 11.3. The average Bonchev–Trinajstić information content (AvgIpc) is 3.30. The van der Waals surface area contributed by atoms with Gasteiger partial charge in [-0.15, -0.1) is 0 Å². The van der Waals surface area contributed by atoms with Crippen LogP contribution in [0.15, 0.2) is 88.8 Å². The molecule has 1 unspecified atom stereocenters. The minimum absolute atomic E-state index is 0.126. The van der Waals surface area contributed by atoms with Crippen molar-refractivity contribution < 1.29 is 4.74 Å². The molecule has 1 aromatic carbocycles. The van der Waals surface area contributed by atoms with Crippen LogP contribution >= 0.6 is 0 Å². The molecule has 2 N–H and O–H groups in total. The summed E-state index contributed by atoms with van der Waals surface area (Å²) in [6, 6.07) is 16.1. The molecule has 3 aromatic rings. The topological polar surface area (TPSA) is 102 Å². The molecule has 0 fully saturated rings. The van der Waals surface area contributed by atoms with Gasteiger partial charge in [0.2, 0.25) is 5.88 Å². The smallest absolute Gasteiger partial charge is 0.205 e. The zero-order chi connectivity index (χ0) is 24.7. The van der Waals surface area contributed by atoms with Crippen molar-refractivity contribution in [1.82, 2.24) is 14.5 Å². The highest BCUT2D eigenvalue weighted by Crippen LogP contribution is 2.40. The Balaban J connectivity index is 0.00000158. The van der Waals surface area contributed by atoms with E-state index >= 15 is 0 Å². The van der Waals surface area contributed by atoms with Crippen molar-refractivity contribution in [3.8, 4) is 11.8 Å². The van der Waals surface area contributed by atoms with Crippen molar-refractivity contribution in [3.63, 3.8) is 0 Å². The van der Waals surface area contributed by atoms with Gasteiger partial charge in [0.05, 0.1) is 5.92 Å². The van der Waals surface area contributed by atoms with Gasteiger partial charge in [-0.3, -0.25) is 9.98 Å². The van der Waals surface area contributed by atoms with Gasteiger partial charge >= 0.3 is 0 Å². The van der Waals surface area contributed by atoms with E-state index in [1.54, 1.807) is 19.4 Å². The number of nitrogens with two attached hydrogens (primary N) is 1. The molecule has 34 heavy (non-hydrogen) atoms. The molecule has 0 spiro atoms. The van der Waals surface area contributed by atoms with Gasteiger partial charge in [-0.05, 0) is 43.7 Å². The summed E-state index contributed by atoms with van der Waals surface area (Å²) >= 11 is 0. The Bertz CT molecular complexity index is 1260. The van der Waals surface area contributed by atoms with Gasteiger partial charge in [0.25, 0.3) is 0 Å². The number of pyridine rings is 1. The zero-order valence-electron chi connectivity index (χ0n) is 20.3. The summed E-state index contributed by atoms with van der Waals surface area (Å²) in [4.78, 5) is 13.3. The van der Waals surface area contributed by atoms with E-state index < -0.39 is 0 Å². The molecule has 0 amide bonds. The summed E-state index contributed by atoms with van der Waals surface area (Å²) < 4.78 is 7.78. The largest absolute Gasteiger partial charge is 0.445 e. The molecule has 0 radical (unpaired) electrons. The van der Waals surface area contributed by atoms with E-state index in [1.807, 2.05) is 80.9 Å². The standard InChI is InChI=1S/C25H24N6O.C2H6/c1-16-23(22(28-3)14-19-6-4-5-11-30-19)24(21(15-26)25(27)32-16)18-7-9-20(10-8-18)31-13-12-29-17(31)2;1-2/h4-13,24H,14,27H2,1-3H3;1-2H3. The fourth-order valence-electron chi connectivity index (χ4n) is 4.03. The predicted molar refractivity (Wildman–Crippen MR) is 134 cm³/mol. The molecule has 1 atom stereocenters. The van der Waals surface area contributed by atoms with Crippen LogP contribution in [0.4, 0.5) is 0 Å². The molecule has 0 bridgehead atoms. The van der Waals surface area contributed by atoms with Crippen LogP contribution < -0.4 is 5.73 Å². The molecule has 0 aliphatic carbocycles. The second kappa shape index (κ2) is 11.1. The third-order valence-corrected chi connectivity index (χ3v) is 5.59. The number of allylic oxidation sites excluding steroid dienone is 3. The van der Waals surface area contributed by atoms with Gasteiger partial charge in [-0.1, -0.05) is 32.0 Å². The normalized spacial score (nSPS) is 15.9. The third-order valence-electron chi connectivity index (χ3n) is 5.59. The lowest BCUT2D eigenvalue weighted by Gasteiger charge is -2.29. The number of nitriles is 1. The number of rotatable bonds is 5. The highest BCUT2D eigenvalue weighted by Gasteiger charge is 2.34. The van der Waals surface area contributed by atoms with Gasteiger partial charge in [0.15, 0.2) is 0 Å². The van der Waals surface area contributed by atoms with Crippen molar-refractivity contribution in [2.75, 3.05) is 7.05 Å². The van der Waals surface area contributed by atoms with Gasteiger partial charge < -0.3 is 15.0 Å². The van der Waals surface area contributed by atoms with Crippen LogP contribution in [0.5, 0.6) is 0 Å². The summed E-state index contributed by atoms with van der Waals surface area (Å²) in [5.74, 6) is 1.28. The van der Waals surface area contributed by atoms with E-state index in [-0.39, 0.29) is 11.8 Å². The average molecular weight is 455 g/mol. The molecule has 7 nitrogen and oxygen atoms in total. The lowest BCUT2D eigenvalue weighted by molar-refractivity contribution is 0.283. The highest BCUT2D eigenvalue weighted by molar-refractivity contribution is 6.04. The van der Waals surface area contributed by atoms with Crippen molar-refractivity contribution in [1.29, 1.82) is 5.26 Å². The first-order valence-electron chi connectivity index (χ1n) is 11.3. The second-order valence-corrected chi connectivity index (χ2v) is 7.50. The zero-order valence-corrected chi connectivity index (χ0v) is 20.3. The van der Waals surface area contributed by atoms with Crippen LogP contribution in [-0.2, 0) is 11.2 Å². The van der Waals surface area contributed by atoms with Crippen molar-refractivity contribution in [2.24, 2.45) is 10.7 Å². The van der Waals surface area contributed by atoms with E-state index in [9.17, 15) is 5.26 Å². The monoisotopic (exact) mass is 454 g/mol. The lowest BCUT2D eigenvalue weighted by Crippen LogP contribution is -2.25. The van der Waals surface area contributed by atoms with E-state index in [0.717, 1.165) is 34.1 Å². The molecule has 2 aromatic heterocycles. The molecule has 174 valence electrons. The molecule has 7 heteroatoms. The third kappa shape index (κ3) is 4.91. The maximum Gasteiger partial charge on any atom is 0.205 e. The SMILES string of the molecule is CC.CN=C(Cc1ccccn1)C1=C(C)OC(N)=C(C#N)C1c1ccc(-n2ccnc2C)cc1. The number of hydrogen-bond donors (Lipinski definition) is 1.